The highest BCUT2D eigenvalue weighted by atomic mass is 15.1. The topological polar surface area (TPSA) is 44.8 Å². The number of fused-ring (bicyclic) bond motifs is 2. The van der Waals surface area contributed by atoms with Gasteiger partial charge in [-0.3, -0.25) is 4.90 Å². The maximum atomic E-state index is 4.75. The zero-order chi connectivity index (χ0) is 16.5. The van der Waals surface area contributed by atoms with Gasteiger partial charge in [-0.15, -0.1) is 0 Å². The Labute approximate surface area is 142 Å². The van der Waals surface area contributed by atoms with Crippen LogP contribution >= 0.6 is 0 Å². The molecular formula is C20H24N4. The Morgan fingerprint density at radius 3 is 3.08 bits per heavy atom. The highest BCUT2D eigenvalue weighted by Gasteiger charge is 2.19. The van der Waals surface area contributed by atoms with Crippen LogP contribution in [-0.4, -0.2) is 26.4 Å². The van der Waals surface area contributed by atoms with Crippen molar-refractivity contribution >= 4 is 10.9 Å². The monoisotopic (exact) mass is 320 g/mol. The Hall–Kier alpha value is -2.20. The molecule has 0 atom stereocenters. The van der Waals surface area contributed by atoms with E-state index in [1.165, 1.54) is 33.3 Å². The fourth-order valence-electron chi connectivity index (χ4n) is 3.57. The van der Waals surface area contributed by atoms with Gasteiger partial charge in [0.2, 0.25) is 0 Å². The van der Waals surface area contributed by atoms with Gasteiger partial charge < -0.3 is 4.98 Å². The molecule has 4 heteroatoms. The Balaban J connectivity index is 1.52. The standard InChI is InChI=1S/C20H24N4/c1-3-4-20-22-11-16-13-24(8-7-18(16)23-20)12-15-10-21-19-9-14(2)5-6-17(15)19/h5-6,9-11,21H,3-4,7-8,12-13H2,1-2H3. The van der Waals surface area contributed by atoms with Crippen molar-refractivity contribution in [2.24, 2.45) is 0 Å². The van der Waals surface area contributed by atoms with Crippen molar-refractivity contribution < 1.29 is 0 Å². The molecule has 24 heavy (non-hydrogen) atoms. The average molecular weight is 320 g/mol. The second kappa shape index (κ2) is 6.36. The highest BCUT2D eigenvalue weighted by Crippen LogP contribution is 2.24. The molecule has 0 fully saturated rings. The zero-order valence-corrected chi connectivity index (χ0v) is 14.5. The van der Waals surface area contributed by atoms with E-state index in [9.17, 15) is 0 Å². The Kier molecular flexibility index (Phi) is 4.07. The lowest BCUT2D eigenvalue weighted by Gasteiger charge is -2.27. The summed E-state index contributed by atoms with van der Waals surface area (Å²) in [4.78, 5) is 15.2. The molecule has 1 N–H and O–H groups in total. The maximum absolute atomic E-state index is 4.75. The number of hydrogen-bond acceptors (Lipinski definition) is 3. The molecule has 0 saturated carbocycles. The minimum Gasteiger partial charge on any atom is -0.361 e. The Morgan fingerprint density at radius 2 is 2.21 bits per heavy atom. The fraction of sp³-hybridized carbons (Fsp3) is 0.400. The number of aromatic amines is 1. The molecule has 4 nitrogen and oxygen atoms in total. The van der Waals surface area contributed by atoms with Gasteiger partial charge in [-0.05, 0) is 30.5 Å². The summed E-state index contributed by atoms with van der Waals surface area (Å²) >= 11 is 0. The average Bonchev–Trinajstić information content (AvgIpc) is 2.97. The summed E-state index contributed by atoms with van der Waals surface area (Å²) in [5.41, 5.74) is 6.44. The van der Waals surface area contributed by atoms with Crippen LogP contribution in [0.5, 0.6) is 0 Å². The van der Waals surface area contributed by atoms with Crippen molar-refractivity contribution in [3.05, 3.63) is 58.8 Å². The molecule has 2 aromatic heterocycles. The molecule has 0 radical (unpaired) electrons. The van der Waals surface area contributed by atoms with Crippen LogP contribution in [0.4, 0.5) is 0 Å². The van der Waals surface area contributed by atoms with Crippen molar-refractivity contribution in [1.29, 1.82) is 0 Å². The molecule has 3 aromatic rings. The van der Waals surface area contributed by atoms with E-state index in [2.05, 4.69) is 53.1 Å². The van der Waals surface area contributed by atoms with Gasteiger partial charge in [-0.2, -0.15) is 0 Å². The number of nitrogens with one attached hydrogen (secondary N) is 1. The van der Waals surface area contributed by atoms with Crippen LogP contribution < -0.4 is 0 Å². The summed E-state index contributed by atoms with van der Waals surface area (Å²) in [5, 5.41) is 1.33. The molecule has 1 aliphatic heterocycles. The largest absolute Gasteiger partial charge is 0.361 e. The molecule has 1 aliphatic rings. The number of hydrogen-bond donors (Lipinski definition) is 1. The van der Waals surface area contributed by atoms with Gasteiger partial charge >= 0.3 is 0 Å². The number of rotatable bonds is 4. The predicted molar refractivity (Wildman–Crippen MR) is 96.9 cm³/mol. The minimum absolute atomic E-state index is 0.945. The molecule has 0 amide bonds. The highest BCUT2D eigenvalue weighted by molar-refractivity contribution is 5.83. The van der Waals surface area contributed by atoms with Crippen molar-refractivity contribution in [3.8, 4) is 0 Å². The molecule has 3 heterocycles. The molecular weight excluding hydrogens is 296 g/mol. The first-order chi connectivity index (χ1) is 11.7. The van der Waals surface area contributed by atoms with E-state index in [-0.39, 0.29) is 0 Å². The van der Waals surface area contributed by atoms with E-state index in [1.807, 2.05) is 6.20 Å². The summed E-state index contributed by atoms with van der Waals surface area (Å²) in [6.45, 7) is 7.29. The lowest BCUT2D eigenvalue weighted by atomic mass is 10.1. The first-order valence-corrected chi connectivity index (χ1v) is 8.85. The van der Waals surface area contributed by atoms with E-state index in [0.717, 1.165) is 44.7 Å². The maximum Gasteiger partial charge on any atom is 0.128 e. The molecule has 0 bridgehead atoms. The second-order valence-electron chi connectivity index (χ2n) is 6.83. The smallest absolute Gasteiger partial charge is 0.128 e. The number of benzene rings is 1. The molecule has 0 unspecified atom stereocenters. The molecule has 4 rings (SSSR count). The Morgan fingerprint density at radius 1 is 1.29 bits per heavy atom. The third kappa shape index (κ3) is 2.94. The van der Waals surface area contributed by atoms with Gasteiger partial charge in [-0.25, -0.2) is 9.97 Å². The lowest BCUT2D eigenvalue weighted by Crippen LogP contribution is -2.31. The van der Waals surface area contributed by atoms with Crippen LogP contribution in [0.2, 0.25) is 0 Å². The molecule has 0 saturated heterocycles. The SMILES string of the molecule is CCCc1ncc2c(n1)CCN(Cc1c[nH]c3cc(C)ccc13)C2. The van der Waals surface area contributed by atoms with E-state index < -0.39 is 0 Å². The third-order valence-corrected chi connectivity index (χ3v) is 4.85. The van der Waals surface area contributed by atoms with Crippen LogP contribution in [0.25, 0.3) is 10.9 Å². The first kappa shape index (κ1) is 15.3. The van der Waals surface area contributed by atoms with Gasteiger partial charge in [0.05, 0.1) is 0 Å². The van der Waals surface area contributed by atoms with Crippen molar-refractivity contribution in [1.82, 2.24) is 19.9 Å². The lowest BCUT2D eigenvalue weighted by molar-refractivity contribution is 0.243. The van der Waals surface area contributed by atoms with Crippen LogP contribution in [0.1, 0.15) is 41.6 Å². The number of aromatic nitrogens is 3. The predicted octanol–water partition coefficient (Wildman–Crippen LogP) is 3.78. The normalized spacial score (nSPS) is 14.9. The summed E-state index contributed by atoms with van der Waals surface area (Å²) < 4.78 is 0. The summed E-state index contributed by atoms with van der Waals surface area (Å²) in [6, 6.07) is 6.64. The van der Waals surface area contributed by atoms with Gasteiger partial charge in [0.1, 0.15) is 5.82 Å². The minimum atomic E-state index is 0.945. The molecule has 0 aliphatic carbocycles. The second-order valence-corrected chi connectivity index (χ2v) is 6.83. The zero-order valence-electron chi connectivity index (χ0n) is 14.5. The number of H-pyrrole nitrogens is 1. The van der Waals surface area contributed by atoms with Gasteiger partial charge in [0.15, 0.2) is 0 Å². The van der Waals surface area contributed by atoms with Crippen LogP contribution in [0, 0.1) is 6.92 Å². The van der Waals surface area contributed by atoms with E-state index in [1.54, 1.807) is 0 Å². The quantitative estimate of drug-likeness (QED) is 0.796. The first-order valence-electron chi connectivity index (χ1n) is 8.85. The third-order valence-electron chi connectivity index (χ3n) is 4.85. The van der Waals surface area contributed by atoms with Gasteiger partial charge in [0, 0.05) is 67.0 Å². The number of aryl methyl sites for hydroxylation is 2. The Bertz CT molecular complexity index is 865. The number of nitrogens with zero attached hydrogens (tertiary/aromatic N) is 3. The van der Waals surface area contributed by atoms with E-state index >= 15 is 0 Å². The molecule has 1 aromatic carbocycles. The van der Waals surface area contributed by atoms with E-state index in [0.29, 0.717) is 0 Å². The summed E-state index contributed by atoms with van der Waals surface area (Å²) in [6.07, 6.45) is 7.30. The van der Waals surface area contributed by atoms with Gasteiger partial charge in [-0.1, -0.05) is 19.1 Å². The fourth-order valence-corrected chi connectivity index (χ4v) is 3.57. The summed E-state index contributed by atoms with van der Waals surface area (Å²) in [5.74, 6) is 0.997. The van der Waals surface area contributed by atoms with Crippen molar-refractivity contribution in [2.45, 2.75) is 46.2 Å². The molecule has 0 spiro atoms. The van der Waals surface area contributed by atoms with Crippen LogP contribution in [-0.2, 0) is 25.9 Å². The van der Waals surface area contributed by atoms with Gasteiger partial charge in [0.25, 0.3) is 0 Å². The van der Waals surface area contributed by atoms with Crippen molar-refractivity contribution in [2.75, 3.05) is 6.54 Å². The molecule has 124 valence electrons. The van der Waals surface area contributed by atoms with Crippen molar-refractivity contribution in [3.63, 3.8) is 0 Å². The summed E-state index contributed by atoms with van der Waals surface area (Å²) in [7, 11) is 0. The van der Waals surface area contributed by atoms with Crippen LogP contribution in [0.15, 0.2) is 30.6 Å². The van der Waals surface area contributed by atoms with E-state index in [4.69, 9.17) is 4.98 Å². The van der Waals surface area contributed by atoms with Crippen LogP contribution in [0.3, 0.4) is 0 Å².